The Labute approximate surface area is 162 Å². The Bertz CT molecular complexity index is 576. The molecule has 5 nitrogen and oxygen atoms in total. The third kappa shape index (κ3) is 4.33. The van der Waals surface area contributed by atoms with E-state index in [-0.39, 0.29) is 18.5 Å². The summed E-state index contributed by atoms with van der Waals surface area (Å²) in [6, 6.07) is 10.6. The van der Waals surface area contributed by atoms with Crippen LogP contribution in [0.4, 0.5) is 4.79 Å². The maximum absolute atomic E-state index is 12.3. The predicted octanol–water partition coefficient (Wildman–Crippen LogP) is 2.89. The van der Waals surface area contributed by atoms with Gasteiger partial charge in [-0.05, 0) is 49.8 Å². The van der Waals surface area contributed by atoms with Gasteiger partial charge in [-0.2, -0.15) is 0 Å². The van der Waals surface area contributed by atoms with Crippen molar-refractivity contribution in [2.75, 3.05) is 39.3 Å². The summed E-state index contributed by atoms with van der Waals surface area (Å²) in [4.78, 5) is 16.7. The third-order valence-corrected chi connectivity index (χ3v) is 6.30. The Morgan fingerprint density at radius 1 is 1.08 bits per heavy atom. The van der Waals surface area contributed by atoms with Crippen LogP contribution in [-0.4, -0.2) is 61.2 Å². The van der Waals surface area contributed by atoms with E-state index in [1.165, 1.54) is 38.8 Å². The van der Waals surface area contributed by atoms with E-state index in [4.69, 9.17) is 4.74 Å². The fraction of sp³-hybridized carbons (Fsp3) is 0.650. The van der Waals surface area contributed by atoms with Crippen LogP contribution in [0.25, 0.3) is 0 Å². The first-order chi connectivity index (χ1) is 12.2. The van der Waals surface area contributed by atoms with Crippen molar-refractivity contribution < 1.29 is 9.53 Å². The Morgan fingerprint density at radius 3 is 2.38 bits per heavy atom. The molecule has 0 unspecified atom stereocenters. The van der Waals surface area contributed by atoms with Crippen molar-refractivity contribution in [3.05, 3.63) is 35.9 Å². The Kier molecular flexibility index (Phi) is 6.43. The number of carbonyl (C=O) groups is 1. The molecule has 1 N–H and O–H groups in total. The number of ether oxygens (including phenoxy) is 1. The Morgan fingerprint density at radius 2 is 1.73 bits per heavy atom. The number of rotatable bonds is 3. The van der Waals surface area contributed by atoms with Crippen LogP contribution in [0, 0.1) is 5.41 Å². The number of carbonyl (C=O) groups excluding carboxylic acids is 1. The molecule has 1 aromatic rings. The van der Waals surface area contributed by atoms with Crippen LogP contribution in [0.3, 0.4) is 0 Å². The molecular weight excluding hydrogens is 350 g/mol. The number of nitrogens with one attached hydrogen (secondary N) is 1. The molecule has 144 valence electrons. The topological polar surface area (TPSA) is 44.8 Å². The molecule has 1 spiro atoms. The van der Waals surface area contributed by atoms with Gasteiger partial charge in [0.05, 0.1) is 0 Å². The largest absolute Gasteiger partial charge is 0.445 e. The smallest absolute Gasteiger partial charge is 0.410 e. The first-order valence-corrected chi connectivity index (χ1v) is 9.65. The van der Waals surface area contributed by atoms with Crippen molar-refractivity contribution >= 4 is 18.5 Å². The first-order valence-electron chi connectivity index (χ1n) is 9.65. The normalized spacial score (nSPS) is 23.2. The molecule has 0 aromatic heterocycles. The minimum Gasteiger partial charge on any atom is -0.445 e. The number of hydrogen-bond donors (Lipinski definition) is 1. The number of nitrogens with zero attached hydrogens (tertiary/aromatic N) is 2. The number of amides is 1. The van der Waals surface area contributed by atoms with Gasteiger partial charge in [-0.3, -0.25) is 4.90 Å². The van der Waals surface area contributed by atoms with Gasteiger partial charge in [0, 0.05) is 32.2 Å². The average molecular weight is 380 g/mol. The summed E-state index contributed by atoms with van der Waals surface area (Å²) in [6.07, 6.45) is 5.22. The van der Waals surface area contributed by atoms with Crippen LogP contribution >= 0.6 is 12.4 Å². The van der Waals surface area contributed by atoms with Crippen molar-refractivity contribution in [1.82, 2.24) is 15.1 Å². The zero-order valence-corrected chi connectivity index (χ0v) is 16.2. The minimum atomic E-state index is -0.174. The second-order valence-electron chi connectivity index (χ2n) is 7.88. The Hall–Kier alpha value is -1.30. The SMILES string of the molecule is Cl.O=C(OCc1ccccc1)N1CCN(C2CC3(CCNCC3)C2)CC1. The molecule has 1 amide bonds. The monoisotopic (exact) mass is 379 g/mol. The predicted molar refractivity (Wildman–Crippen MR) is 105 cm³/mol. The van der Waals surface area contributed by atoms with Gasteiger partial charge in [-0.25, -0.2) is 4.79 Å². The molecular formula is C20H30ClN3O2. The molecule has 26 heavy (non-hydrogen) atoms. The van der Waals surface area contributed by atoms with Crippen LogP contribution in [-0.2, 0) is 11.3 Å². The van der Waals surface area contributed by atoms with Gasteiger partial charge in [-0.15, -0.1) is 12.4 Å². The maximum Gasteiger partial charge on any atom is 0.410 e. The van der Waals surface area contributed by atoms with Crippen LogP contribution in [0.1, 0.15) is 31.2 Å². The molecule has 1 aliphatic carbocycles. The molecule has 2 aliphatic heterocycles. The van der Waals surface area contributed by atoms with Gasteiger partial charge in [0.1, 0.15) is 6.61 Å². The third-order valence-electron chi connectivity index (χ3n) is 6.30. The fourth-order valence-corrected chi connectivity index (χ4v) is 4.64. The fourth-order valence-electron chi connectivity index (χ4n) is 4.64. The van der Waals surface area contributed by atoms with Crippen molar-refractivity contribution in [1.29, 1.82) is 0 Å². The molecule has 4 rings (SSSR count). The summed E-state index contributed by atoms with van der Waals surface area (Å²) in [6.45, 7) is 6.29. The maximum atomic E-state index is 12.3. The highest BCUT2D eigenvalue weighted by Crippen LogP contribution is 2.49. The summed E-state index contributed by atoms with van der Waals surface area (Å²) < 4.78 is 5.46. The standard InChI is InChI=1S/C20H29N3O2.ClH/c24-19(25-16-17-4-2-1-3-5-17)23-12-10-22(11-13-23)18-14-20(15-18)6-8-21-9-7-20;/h1-5,18,21H,6-16H2;1H. The van der Waals surface area contributed by atoms with Gasteiger partial charge in [-0.1, -0.05) is 30.3 Å². The highest BCUT2D eigenvalue weighted by Gasteiger charge is 2.47. The highest BCUT2D eigenvalue weighted by molar-refractivity contribution is 5.85. The summed E-state index contributed by atoms with van der Waals surface area (Å²) in [5.41, 5.74) is 1.66. The molecule has 3 fully saturated rings. The number of benzene rings is 1. The second-order valence-corrected chi connectivity index (χ2v) is 7.88. The van der Waals surface area contributed by atoms with Crippen LogP contribution < -0.4 is 5.32 Å². The Balaban J connectivity index is 0.00000196. The second kappa shape index (κ2) is 8.59. The number of halogens is 1. The molecule has 3 aliphatic rings. The lowest BCUT2D eigenvalue weighted by atomic mass is 9.60. The highest BCUT2D eigenvalue weighted by atomic mass is 35.5. The van der Waals surface area contributed by atoms with E-state index in [0.29, 0.717) is 12.0 Å². The molecule has 1 saturated carbocycles. The molecule has 1 aromatic carbocycles. The van der Waals surface area contributed by atoms with E-state index in [9.17, 15) is 4.79 Å². The zero-order valence-electron chi connectivity index (χ0n) is 15.4. The van der Waals surface area contributed by atoms with Crippen LogP contribution in [0.2, 0.25) is 0 Å². The van der Waals surface area contributed by atoms with E-state index < -0.39 is 0 Å². The van der Waals surface area contributed by atoms with Crippen molar-refractivity contribution in [3.63, 3.8) is 0 Å². The molecule has 2 heterocycles. The molecule has 0 bridgehead atoms. The molecule has 0 radical (unpaired) electrons. The summed E-state index contributed by atoms with van der Waals surface area (Å²) in [7, 11) is 0. The van der Waals surface area contributed by atoms with Gasteiger partial charge < -0.3 is 15.0 Å². The number of hydrogen-bond acceptors (Lipinski definition) is 4. The van der Waals surface area contributed by atoms with Gasteiger partial charge in [0.25, 0.3) is 0 Å². The van der Waals surface area contributed by atoms with Crippen molar-refractivity contribution in [2.24, 2.45) is 5.41 Å². The van der Waals surface area contributed by atoms with Crippen LogP contribution in [0.15, 0.2) is 30.3 Å². The van der Waals surface area contributed by atoms with Gasteiger partial charge >= 0.3 is 6.09 Å². The summed E-state index contributed by atoms with van der Waals surface area (Å²) in [5, 5.41) is 3.47. The van der Waals surface area contributed by atoms with E-state index in [0.717, 1.165) is 37.8 Å². The van der Waals surface area contributed by atoms with Crippen molar-refractivity contribution in [3.8, 4) is 0 Å². The first kappa shape index (κ1) is 19.5. The lowest BCUT2D eigenvalue weighted by Crippen LogP contribution is -2.59. The lowest BCUT2D eigenvalue weighted by Gasteiger charge is -2.55. The zero-order chi connectivity index (χ0) is 17.1. The average Bonchev–Trinajstić information content (AvgIpc) is 2.66. The lowest BCUT2D eigenvalue weighted by molar-refractivity contribution is -0.0374. The molecule has 2 saturated heterocycles. The van der Waals surface area contributed by atoms with Crippen molar-refractivity contribution in [2.45, 2.75) is 38.3 Å². The summed E-state index contributed by atoms with van der Waals surface area (Å²) >= 11 is 0. The van der Waals surface area contributed by atoms with E-state index in [2.05, 4.69) is 10.2 Å². The number of piperazine rings is 1. The van der Waals surface area contributed by atoms with Gasteiger partial charge in [0.15, 0.2) is 0 Å². The van der Waals surface area contributed by atoms with E-state index in [1.54, 1.807) is 0 Å². The van der Waals surface area contributed by atoms with Crippen LogP contribution in [0.5, 0.6) is 0 Å². The number of piperidine rings is 1. The van der Waals surface area contributed by atoms with E-state index in [1.807, 2.05) is 35.2 Å². The van der Waals surface area contributed by atoms with E-state index >= 15 is 0 Å². The van der Waals surface area contributed by atoms with Gasteiger partial charge in [0.2, 0.25) is 0 Å². The quantitative estimate of drug-likeness (QED) is 0.877. The minimum absolute atomic E-state index is 0. The molecule has 0 atom stereocenters. The summed E-state index contributed by atoms with van der Waals surface area (Å²) in [5.74, 6) is 0. The molecule has 6 heteroatoms.